The average molecular weight is 295 g/mol. The van der Waals surface area contributed by atoms with E-state index in [0.29, 0.717) is 5.92 Å². The fourth-order valence-electron chi connectivity index (χ4n) is 3.04. The van der Waals surface area contributed by atoms with Gasteiger partial charge in [-0.15, -0.1) is 11.3 Å². The maximum absolute atomic E-state index is 5.44. The Morgan fingerprint density at radius 2 is 2.25 bits per heavy atom. The van der Waals surface area contributed by atoms with Gasteiger partial charge in [0.25, 0.3) is 0 Å². The number of hydrogen-bond acceptors (Lipinski definition) is 5. The van der Waals surface area contributed by atoms with E-state index in [-0.39, 0.29) is 0 Å². The summed E-state index contributed by atoms with van der Waals surface area (Å²) in [4.78, 5) is 8.90. The van der Waals surface area contributed by atoms with Crippen LogP contribution in [0.25, 0.3) is 0 Å². The standard InChI is InChI=1S/C15H25N3OS/c1-2-6-16-11-12-4-3-5-13-14(12)17-15(20-13)18-7-9-19-10-8-18/h12,16H,2-11H2,1H3. The molecule has 1 aromatic rings. The Morgan fingerprint density at radius 3 is 3.05 bits per heavy atom. The number of nitrogens with one attached hydrogen (secondary N) is 1. The van der Waals surface area contributed by atoms with Gasteiger partial charge in [0, 0.05) is 30.4 Å². The molecule has 20 heavy (non-hydrogen) atoms. The van der Waals surface area contributed by atoms with Crippen molar-refractivity contribution >= 4 is 16.5 Å². The molecule has 3 rings (SSSR count). The fraction of sp³-hybridized carbons (Fsp3) is 0.800. The molecule has 1 aromatic heterocycles. The second-order valence-electron chi connectivity index (χ2n) is 5.70. The first-order chi connectivity index (χ1) is 9.88. The van der Waals surface area contributed by atoms with E-state index < -0.39 is 0 Å². The molecule has 4 nitrogen and oxygen atoms in total. The number of aromatic nitrogens is 1. The van der Waals surface area contributed by atoms with Crippen LogP contribution < -0.4 is 10.2 Å². The first-order valence-corrected chi connectivity index (χ1v) is 8.73. The molecule has 1 aliphatic heterocycles. The average Bonchev–Trinajstić information content (AvgIpc) is 2.93. The van der Waals surface area contributed by atoms with E-state index >= 15 is 0 Å². The third kappa shape index (κ3) is 3.15. The lowest BCUT2D eigenvalue weighted by Gasteiger charge is -2.26. The van der Waals surface area contributed by atoms with Gasteiger partial charge in [-0.2, -0.15) is 0 Å². The summed E-state index contributed by atoms with van der Waals surface area (Å²) in [6.07, 6.45) is 5.03. The van der Waals surface area contributed by atoms with Crippen LogP contribution in [0.4, 0.5) is 5.13 Å². The number of anilines is 1. The number of fused-ring (bicyclic) bond motifs is 1. The van der Waals surface area contributed by atoms with Gasteiger partial charge in [0.1, 0.15) is 0 Å². The fourth-order valence-corrected chi connectivity index (χ4v) is 4.28. The van der Waals surface area contributed by atoms with E-state index in [1.54, 1.807) is 0 Å². The first kappa shape index (κ1) is 14.3. The highest BCUT2D eigenvalue weighted by Crippen LogP contribution is 2.37. The van der Waals surface area contributed by atoms with Crippen molar-refractivity contribution in [1.29, 1.82) is 0 Å². The van der Waals surface area contributed by atoms with Crippen LogP contribution in [-0.4, -0.2) is 44.4 Å². The molecule has 1 aliphatic carbocycles. The zero-order valence-corrected chi connectivity index (χ0v) is 13.2. The zero-order chi connectivity index (χ0) is 13.8. The predicted octanol–water partition coefficient (Wildman–Crippen LogP) is 2.40. The SMILES string of the molecule is CCCNCC1CCCc2sc(N3CCOCC3)nc21. The third-order valence-electron chi connectivity index (χ3n) is 4.16. The smallest absolute Gasteiger partial charge is 0.185 e. The lowest BCUT2D eigenvalue weighted by atomic mass is 9.91. The Hall–Kier alpha value is -0.650. The first-order valence-electron chi connectivity index (χ1n) is 7.91. The van der Waals surface area contributed by atoms with Crippen LogP contribution in [0.1, 0.15) is 42.7 Å². The molecule has 0 radical (unpaired) electrons. The molecule has 0 aromatic carbocycles. The summed E-state index contributed by atoms with van der Waals surface area (Å²) in [6, 6.07) is 0. The molecule has 0 bridgehead atoms. The van der Waals surface area contributed by atoms with Crippen molar-refractivity contribution < 1.29 is 4.74 Å². The van der Waals surface area contributed by atoms with Crippen molar-refractivity contribution in [3.63, 3.8) is 0 Å². The Labute approximate surface area is 125 Å². The van der Waals surface area contributed by atoms with Gasteiger partial charge in [0.2, 0.25) is 0 Å². The Bertz CT molecular complexity index is 429. The minimum absolute atomic E-state index is 0.622. The summed E-state index contributed by atoms with van der Waals surface area (Å²) < 4.78 is 5.44. The molecular formula is C15H25N3OS. The van der Waals surface area contributed by atoms with E-state index in [0.717, 1.165) is 39.4 Å². The van der Waals surface area contributed by atoms with Crippen LogP contribution in [0.15, 0.2) is 0 Å². The molecule has 2 heterocycles. The van der Waals surface area contributed by atoms with E-state index in [1.165, 1.54) is 41.4 Å². The van der Waals surface area contributed by atoms with Crippen LogP contribution in [0.2, 0.25) is 0 Å². The normalized spacial score (nSPS) is 22.9. The van der Waals surface area contributed by atoms with Crippen LogP contribution in [0, 0.1) is 0 Å². The number of hydrogen-bond donors (Lipinski definition) is 1. The second-order valence-corrected chi connectivity index (χ2v) is 6.76. The number of ether oxygens (including phenoxy) is 1. The quantitative estimate of drug-likeness (QED) is 0.847. The molecule has 1 saturated heterocycles. The highest BCUT2D eigenvalue weighted by molar-refractivity contribution is 7.15. The molecule has 1 N–H and O–H groups in total. The van der Waals surface area contributed by atoms with E-state index in [9.17, 15) is 0 Å². The van der Waals surface area contributed by atoms with Gasteiger partial charge in [-0.25, -0.2) is 4.98 Å². The zero-order valence-electron chi connectivity index (χ0n) is 12.4. The molecule has 1 atom stereocenters. The molecule has 112 valence electrons. The van der Waals surface area contributed by atoms with E-state index in [2.05, 4.69) is 17.1 Å². The van der Waals surface area contributed by atoms with Gasteiger partial charge in [0.05, 0.1) is 18.9 Å². The summed E-state index contributed by atoms with van der Waals surface area (Å²) >= 11 is 1.92. The molecular weight excluding hydrogens is 270 g/mol. The summed E-state index contributed by atoms with van der Waals surface area (Å²) in [5.41, 5.74) is 1.38. The summed E-state index contributed by atoms with van der Waals surface area (Å²) in [6.45, 7) is 8.09. The van der Waals surface area contributed by atoms with Gasteiger partial charge in [-0.1, -0.05) is 6.92 Å². The molecule has 0 amide bonds. The van der Waals surface area contributed by atoms with Crippen molar-refractivity contribution in [3.8, 4) is 0 Å². The van der Waals surface area contributed by atoms with Gasteiger partial charge < -0.3 is 15.0 Å². The number of aryl methyl sites for hydroxylation is 1. The highest BCUT2D eigenvalue weighted by atomic mass is 32.1. The van der Waals surface area contributed by atoms with Gasteiger partial charge in [-0.3, -0.25) is 0 Å². The van der Waals surface area contributed by atoms with Crippen LogP contribution >= 0.6 is 11.3 Å². The number of thiazole rings is 1. The van der Waals surface area contributed by atoms with Crippen molar-refractivity contribution in [2.75, 3.05) is 44.3 Å². The van der Waals surface area contributed by atoms with Crippen molar-refractivity contribution in [2.45, 2.75) is 38.5 Å². The molecule has 0 spiro atoms. The minimum atomic E-state index is 0.622. The van der Waals surface area contributed by atoms with Gasteiger partial charge >= 0.3 is 0 Å². The van der Waals surface area contributed by atoms with E-state index in [4.69, 9.17) is 9.72 Å². The van der Waals surface area contributed by atoms with Crippen LogP contribution in [0.3, 0.4) is 0 Å². The Morgan fingerprint density at radius 1 is 1.40 bits per heavy atom. The van der Waals surface area contributed by atoms with Crippen LogP contribution in [0.5, 0.6) is 0 Å². The lowest BCUT2D eigenvalue weighted by Crippen LogP contribution is -2.36. The number of rotatable bonds is 5. The monoisotopic (exact) mass is 295 g/mol. The molecule has 2 aliphatic rings. The maximum atomic E-state index is 5.44. The summed E-state index contributed by atoms with van der Waals surface area (Å²) in [5, 5.41) is 4.79. The minimum Gasteiger partial charge on any atom is -0.378 e. The Balaban J connectivity index is 1.70. The topological polar surface area (TPSA) is 37.4 Å². The highest BCUT2D eigenvalue weighted by Gasteiger charge is 2.26. The van der Waals surface area contributed by atoms with Crippen molar-refractivity contribution in [1.82, 2.24) is 10.3 Å². The molecule has 1 unspecified atom stereocenters. The van der Waals surface area contributed by atoms with Crippen molar-refractivity contribution in [2.24, 2.45) is 0 Å². The van der Waals surface area contributed by atoms with Crippen molar-refractivity contribution in [3.05, 3.63) is 10.6 Å². The summed E-state index contributed by atoms with van der Waals surface area (Å²) in [7, 11) is 0. The molecule has 0 saturated carbocycles. The lowest BCUT2D eigenvalue weighted by molar-refractivity contribution is 0.122. The number of nitrogens with zero attached hydrogens (tertiary/aromatic N) is 2. The maximum Gasteiger partial charge on any atom is 0.185 e. The third-order valence-corrected chi connectivity index (χ3v) is 5.35. The Kier molecular flexibility index (Phi) is 4.91. The predicted molar refractivity (Wildman–Crippen MR) is 84.0 cm³/mol. The molecule has 5 heteroatoms. The largest absolute Gasteiger partial charge is 0.378 e. The summed E-state index contributed by atoms with van der Waals surface area (Å²) in [5.74, 6) is 0.622. The van der Waals surface area contributed by atoms with Gasteiger partial charge in [0.15, 0.2) is 5.13 Å². The van der Waals surface area contributed by atoms with Crippen LogP contribution in [-0.2, 0) is 11.2 Å². The van der Waals surface area contributed by atoms with Gasteiger partial charge in [-0.05, 0) is 32.2 Å². The van der Waals surface area contributed by atoms with E-state index in [1.807, 2.05) is 11.3 Å². The second kappa shape index (κ2) is 6.87. The number of morpholine rings is 1. The molecule has 1 fully saturated rings.